The summed E-state index contributed by atoms with van der Waals surface area (Å²) in [5.74, 6) is 1.35. The Labute approximate surface area is 163 Å². The van der Waals surface area contributed by atoms with Crippen LogP contribution in [0.3, 0.4) is 0 Å². The number of nitrogens with zero attached hydrogens (tertiary/aromatic N) is 2. The van der Waals surface area contributed by atoms with E-state index in [0.29, 0.717) is 41.4 Å². The van der Waals surface area contributed by atoms with E-state index in [1.165, 1.54) is 0 Å². The molecule has 2 aromatic carbocycles. The molecular formula is C22H21N3O3. The van der Waals surface area contributed by atoms with Crippen molar-refractivity contribution in [2.24, 2.45) is 0 Å². The lowest BCUT2D eigenvalue weighted by molar-refractivity contribution is 0.292. The van der Waals surface area contributed by atoms with E-state index in [1.807, 2.05) is 24.3 Å². The number of aliphatic hydroxyl groups is 1. The molecule has 0 saturated heterocycles. The summed E-state index contributed by atoms with van der Waals surface area (Å²) < 4.78 is 5.27. The van der Waals surface area contributed by atoms with Gasteiger partial charge in [-0.2, -0.15) is 5.26 Å². The molecule has 0 aliphatic carbocycles. The molecule has 1 aromatic heterocycles. The van der Waals surface area contributed by atoms with Crippen molar-refractivity contribution in [2.45, 2.75) is 6.42 Å². The summed E-state index contributed by atoms with van der Waals surface area (Å²) in [6.07, 6.45) is 0.600. The molecule has 28 heavy (non-hydrogen) atoms. The van der Waals surface area contributed by atoms with Gasteiger partial charge in [0.1, 0.15) is 17.3 Å². The van der Waals surface area contributed by atoms with Crippen LogP contribution in [0.4, 0.5) is 5.82 Å². The fourth-order valence-electron chi connectivity index (χ4n) is 2.81. The van der Waals surface area contributed by atoms with Gasteiger partial charge in [0.25, 0.3) is 0 Å². The number of hydrogen-bond donors (Lipinski definition) is 3. The van der Waals surface area contributed by atoms with Crippen molar-refractivity contribution >= 4 is 5.82 Å². The van der Waals surface area contributed by atoms with Crippen molar-refractivity contribution < 1.29 is 14.9 Å². The Bertz CT molecular complexity index is 995. The number of pyridine rings is 1. The summed E-state index contributed by atoms with van der Waals surface area (Å²) in [6.45, 7) is 0.662. The highest BCUT2D eigenvalue weighted by Crippen LogP contribution is 2.35. The van der Waals surface area contributed by atoms with Crippen molar-refractivity contribution in [1.82, 2.24) is 4.98 Å². The number of aromatic nitrogens is 1. The van der Waals surface area contributed by atoms with Crippen LogP contribution in [0.25, 0.3) is 22.4 Å². The number of methoxy groups -OCH3 is 1. The molecule has 6 nitrogen and oxygen atoms in total. The number of nitriles is 1. The van der Waals surface area contributed by atoms with Crippen LogP contribution in [0.2, 0.25) is 0 Å². The monoisotopic (exact) mass is 375 g/mol. The van der Waals surface area contributed by atoms with Gasteiger partial charge >= 0.3 is 0 Å². The molecule has 0 saturated carbocycles. The van der Waals surface area contributed by atoms with Gasteiger partial charge < -0.3 is 20.3 Å². The Morgan fingerprint density at radius 1 is 1.07 bits per heavy atom. The van der Waals surface area contributed by atoms with Crippen LogP contribution >= 0.6 is 0 Å². The molecule has 3 rings (SSSR count). The van der Waals surface area contributed by atoms with Crippen LogP contribution in [0.5, 0.6) is 11.5 Å². The standard InChI is InChI=1S/C22H21N3O3/c1-28-18-7-8-21(27)19(13-18)20-11-17(12-22(25-20)24-9-2-10-26)16-5-3-15(14-23)4-6-16/h3-8,11-13,26-27H,2,9-10H2,1H3,(H,24,25). The Balaban J connectivity index is 2.08. The number of hydrogen-bond acceptors (Lipinski definition) is 6. The van der Waals surface area contributed by atoms with Crippen molar-refractivity contribution in [3.05, 3.63) is 60.2 Å². The molecule has 0 unspecified atom stereocenters. The maximum Gasteiger partial charge on any atom is 0.127 e. The third-order valence-electron chi connectivity index (χ3n) is 4.29. The fraction of sp³-hybridized carbons (Fsp3) is 0.182. The summed E-state index contributed by atoms with van der Waals surface area (Å²) in [4.78, 5) is 4.61. The van der Waals surface area contributed by atoms with Crippen molar-refractivity contribution in [3.63, 3.8) is 0 Å². The van der Waals surface area contributed by atoms with Gasteiger partial charge in [0, 0.05) is 18.7 Å². The predicted octanol–water partition coefficient (Wildman–Crippen LogP) is 3.80. The Hall–Kier alpha value is -3.56. The number of nitrogens with one attached hydrogen (secondary N) is 1. The van der Waals surface area contributed by atoms with Gasteiger partial charge in [0.2, 0.25) is 0 Å². The van der Waals surface area contributed by atoms with Crippen molar-refractivity contribution in [2.75, 3.05) is 25.6 Å². The molecule has 0 aliphatic heterocycles. The molecule has 0 radical (unpaired) electrons. The molecule has 0 spiro atoms. The predicted molar refractivity (Wildman–Crippen MR) is 108 cm³/mol. The number of aromatic hydroxyl groups is 1. The normalized spacial score (nSPS) is 10.3. The van der Waals surface area contributed by atoms with Gasteiger partial charge in [0.05, 0.1) is 24.4 Å². The molecule has 0 amide bonds. The molecule has 3 N–H and O–H groups in total. The lowest BCUT2D eigenvalue weighted by atomic mass is 10.0. The number of phenols is 1. The second kappa shape index (κ2) is 8.89. The zero-order valence-corrected chi connectivity index (χ0v) is 15.5. The van der Waals surface area contributed by atoms with Crippen molar-refractivity contribution in [1.29, 1.82) is 5.26 Å². The molecule has 3 aromatic rings. The maximum absolute atomic E-state index is 10.3. The quantitative estimate of drug-likeness (QED) is 0.544. The smallest absolute Gasteiger partial charge is 0.127 e. The number of benzene rings is 2. The largest absolute Gasteiger partial charge is 0.507 e. The van der Waals surface area contributed by atoms with E-state index in [2.05, 4.69) is 16.4 Å². The zero-order valence-electron chi connectivity index (χ0n) is 15.5. The molecule has 0 fully saturated rings. The van der Waals surface area contributed by atoms with Gasteiger partial charge in [-0.1, -0.05) is 12.1 Å². The first-order valence-corrected chi connectivity index (χ1v) is 8.89. The minimum atomic E-state index is 0.0891. The van der Waals surface area contributed by atoms with Gasteiger partial charge in [0.15, 0.2) is 0 Å². The Morgan fingerprint density at radius 3 is 2.54 bits per heavy atom. The van der Waals surface area contributed by atoms with E-state index in [9.17, 15) is 5.11 Å². The van der Waals surface area contributed by atoms with Crippen LogP contribution in [0.1, 0.15) is 12.0 Å². The van der Waals surface area contributed by atoms with Crippen LogP contribution in [-0.4, -0.2) is 35.5 Å². The lowest BCUT2D eigenvalue weighted by Gasteiger charge is -2.13. The number of ether oxygens (including phenoxy) is 1. The Morgan fingerprint density at radius 2 is 1.86 bits per heavy atom. The van der Waals surface area contributed by atoms with Gasteiger partial charge in [-0.3, -0.25) is 0 Å². The van der Waals surface area contributed by atoms with E-state index in [1.54, 1.807) is 37.4 Å². The third kappa shape index (κ3) is 4.40. The first kappa shape index (κ1) is 19.2. The van der Waals surface area contributed by atoms with Crippen LogP contribution < -0.4 is 10.1 Å². The molecular weight excluding hydrogens is 354 g/mol. The molecule has 0 atom stereocenters. The molecule has 142 valence electrons. The van der Waals surface area contributed by atoms with Crippen LogP contribution in [0.15, 0.2) is 54.6 Å². The SMILES string of the molecule is COc1ccc(O)c(-c2cc(-c3ccc(C#N)cc3)cc(NCCCO)n2)c1. The Kier molecular flexibility index (Phi) is 6.10. The second-order valence-electron chi connectivity index (χ2n) is 6.20. The van der Waals surface area contributed by atoms with Gasteiger partial charge in [-0.15, -0.1) is 0 Å². The zero-order chi connectivity index (χ0) is 19.9. The van der Waals surface area contributed by atoms with E-state index < -0.39 is 0 Å². The third-order valence-corrected chi connectivity index (χ3v) is 4.29. The summed E-state index contributed by atoms with van der Waals surface area (Å²) in [6, 6.07) is 18.2. The highest BCUT2D eigenvalue weighted by Gasteiger charge is 2.12. The molecule has 0 bridgehead atoms. The first-order chi connectivity index (χ1) is 13.6. The summed E-state index contributed by atoms with van der Waals surface area (Å²) >= 11 is 0. The average Bonchev–Trinajstić information content (AvgIpc) is 2.74. The first-order valence-electron chi connectivity index (χ1n) is 8.89. The number of anilines is 1. The highest BCUT2D eigenvalue weighted by atomic mass is 16.5. The summed E-state index contributed by atoms with van der Waals surface area (Å²) in [5, 5.41) is 31.6. The van der Waals surface area contributed by atoms with Crippen LogP contribution in [0, 0.1) is 11.3 Å². The van der Waals surface area contributed by atoms with E-state index in [0.717, 1.165) is 11.1 Å². The average molecular weight is 375 g/mol. The number of aliphatic hydroxyl groups excluding tert-OH is 1. The summed E-state index contributed by atoms with van der Waals surface area (Å²) in [7, 11) is 1.57. The van der Waals surface area contributed by atoms with E-state index >= 15 is 0 Å². The maximum atomic E-state index is 10.3. The van der Waals surface area contributed by atoms with Crippen molar-refractivity contribution in [3.8, 4) is 40.0 Å². The summed E-state index contributed by atoms with van der Waals surface area (Å²) in [5.41, 5.74) is 3.55. The molecule has 6 heteroatoms. The minimum absolute atomic E-state index is 0.0891. The number of phenolic OH excluding ortho intramolecular Hbond substituents is 1. The van der Waals surface area contributed by atoms with Gasteiger partial charge in [-0.25, -0.2) is 4.98 Å². The molecule has 0 aliphatic rings. The minimum Gasteiger partial charge on any atom is -0.507 e. The highest BCUT2D eigenvalue weighted by molar-refractivity contribution is 5.77. The van der Waals surface area contributed by atoms with E-state index in [4.69, 9.17) is 15.1 Å². The topological polar surface area (TPSA) is 98.4 Å². The van der Waals surface area contributed by atoms with Gasteiger partial charge in [-0.05, 0) is 60.0 Å². The number of rotatable bonds is 7. The van der Waals surface area contributed by atoms with Crippen LogP contribution in [-0.2, 0) is 0 Å². The molecule has 1 heterocycles. The fourth-order valence-corrected chi connectivity index (χ4v) is 2.81. The lowest BCUT2D eigenvalue weighted by Crippen LogP contribution is -2.05. The second-order valence-corrected chi connectivity index (χ2v) is 6.20. The van der Waals surface area contributed by atoms with E-state index in [-0.39, 0.29) is 12.4 Å².